The summed E-state index contributed by atoms with van der Waals surface area (Å²) < 4.78 is 38.9. The van der Waals surface area contributed by atoms with Gasteiger partial charge in [0.2, 0.25) is 10.0 Å². The third-order valence-corrected chi connectivity index (χ3v) is 7.52. The van der Waals surface area contributed by atoms with Crippen molar-refractivity contribution in [3.05, 3.63) is 24.3 Å². The molecule has 9 heteroatoms. The Morgan fingerprint density at radius 2 is 1.86 bits per heavy atom. The third kappa shape index (κ3) is 5.09. The highest BCUT2D eigenvalue weighted by molar-refractivity contribution is 7.89. The Morgan fingerprint density at radius 1 is 1.21 bits per heavy atom. The first kappa shape index (κ1) is 22.0. The third-order valence-electron chi connectivity index (χ3n) is 5.66. The molecule has 8 nitrogen and oxygen atoms in total. The zero-order chi connectivity index (χ0) is 21.0. The molecule has 1 saturated carbocycles. The van der Waals surface area contributed by atoms with Crippen LogP contribution in [0.4, 0.5) is 0 Å². The summed E-state index contributed by atoms with van der Waals surface area (Å²) in [5, 5.41) is 9.03. The Labute approximate surface area is 172 Å². The van der Waals surface area contributed by atoms with Crippen LogP contribution >= 0.6 is 0 Å². The number of carbonyl (C=O) groups is 1. The van der Waals surface area contributed by atoms with Gasteiger partial charge >= 0.3 is 0 Å². The maximum Gasteiger partial charge on any atom is 0.264 e. The maximum atomic E-state index is 13.2. The van der Waals surface area contributed by atoms with Gasteiger partial charge in [-0.05, 0) is 56.9 Å². The van der Waals surface area contributed by atoms with Gasteiger partial charge in [0.15, 0.2) is 0 Å². The topological polar surface area (TPSA) is 105 Å². The highest BCUT2D eigenvalue weighted by Gasteiger charge is 2.44. The monoisotopic (exact) mass is 426 g/mol. The molecule has 1 saturated heterocycles. The highest BCUT2D eigenvalue weighted by atomic mass is 32.2. The van der Waals surface area contributed by atoms with Crippen LogP contribution < -0.4 is 10.2 Å². The van der Waals surface area contributed by atoms with Gasteiger partial charge in [0, 0.05) is 6.54 Å². The van der Waals surface area contributed by atoms with E-state index >= 15 is 0 Å². The van der Waals surface area contributed by atoms with Gasteiger partial charge in [0.1, 0.15) is 11.8 Å². The minimum atomic E-state index is -3.96. The number of hydrogen-bond acceptors (Lipinski definition) is 6. The van der Waals surface area contributed by atoms with Crippen molar-refractivity contribution >= 4 is 15.9 Å². The summed E-state index contributed by atoms with van der Waals surface area (Å²) in [4.78, 5) is 12.2. The Kier molecular flexibility index (Phi) is 7.15. The minimum Gasteiger partial charge on any atom is -0.493 e. The quantitative estimate of drug-likeness (QED) is 0.534. The number of sulfonamides is 1. The van der Waals surface area contributed by atoms with Gasteiger partial charge in [-0.3, -0.25) is 10.0 Å². The predicted molar refractivity (Wildman–Crippen MR) is 106 cm³/mol. The summed E-state index contributed by atoms with van der Waals surface area (Å²) in [7, 11) is -3.96. The number of amides is 1. The Morgan fingerprint density at radius 3 is 2.48 bits per heavy atom. The van der Waals surface area contributed by atoms with Crippen LogP contribution in [0.15, 0.2) is 29.2 Å². The first-order chi connectivity index (χ1) is 13.8. The Hall–Kier alpha value is -1.68. The molecular weight excluding hydrogens is 396 g/mol. The molecule has 3 atom stereocenters. The molecule has 3 rings (SSSR count). The van der Waals surface area contributed by atoms with Crippen LogP contribution in [-0.4, -0.2) is 55.2 Å². The van der Waals surface area contributed by atoms with Crippen LogP contribution in [-0.2, 0) is 19.6 Å². The van der Waals surface area contributed by atoms with Gasteiger partial charge in [-0.15, -0.1) is 0 Å². The molecule has 0 bridgehead atoms. The summed E-state index contributed by atoms with van der Waals surface area (Å²) in [6.07, 6.45) is 5.05. The van der Waals surface area contributed by atoms with E-state index in [1.165, 1.54) is 44.2 Å². The number of nitrogens with zero attached hydrogens (tertiary/aromatic N) is 1. The summed E-state index contributed by atoms with van der Waals surface area (Å²) in [5.41, 5.74) is 1.55. The van der Waals surface area contributed by atoms with Crippen LogP contribution in [0.3, 0.4) is 0 Å². The molecular formula is C20H30N2O6S. The second-order valence-corrected chi connectivity index (χ2v) is 9.82. The summed E-state index contributed by atoms with van der Waals surface area (Å²) >= 11 is 0. The van der Waals surface area contributed by atoms with Crippen LogP contribution in [0.25, 0.3) is 0 Å². The zero-order valence-electron chi connectivity index (χ0n) is 16.9. The van der Waals surface area contributed by atoms with E-state index in [0.29, 0.717) is 18.3 Å². The number of hydroxylamine groups is 1. The van der Waals surface area contributed by atoms with E-state index in [1.807, 2.05) is 0 Å². The molecule has 0 radical (unpaired) electrons. The first-order valence-corrected chi connectivity index (χ1v) is 11.6. The summed E-state index contributed by atoms with van der Waals surface area (Å²) in [5.74, 6) is 0.365. The fourth-order valence-corrected chi connectivity index (χ4v) is 5.88. The van der Waals surface area contributed by atoms with Gasteiger partial charge in [0.25, 0.3) is 5.91 Å². The molecule has 0 spiro atoms. The number of carbonyl (C=O) groups excluding carboxylic acids is 1. The van der Waals surface area contributed by atoms with Crippen molar-refractivity contribution in [3.63, 3.8) is 0 Å². The number of ether oxygens (including phenoxy) is 2. The van der Waals surface area contributed by atoms with E-state index in [9.17, 15) is 13.2 Å². The number of hydrogen-bond donors (Lipinski definition) is 2. The van der Waals surface area contributed by atoms with Crippen molar-refractivity contribution in [2.75, 3.05) is 13.2 Å². The zero-order valence-corrected chi connectivity index (χ0v) is 17.7. The average molecular weight is 427 g/mol. The molecule has 1 heterocycles. The standard InChI is InChI=1S/C20H30N2O6S/c1-14-12-22(19(15(2)28-14)20(23)21-24)29(25,26)18-10-8-17(9-11-18)27-13-16-6-4-3-5-7-16/h8-11,14-16,19,24H,3-7,12-13H2,1-2H3,(H,21,23)/t14-,15?,19+/m0/s1. The second-order valence-electron chi connectivity index (χ2n) is 7.93. The molecule has 2 fully saturated rings. The number of morpholine rings is 1. The van der Waals surface area contributed by atoms with Gasteiger partial charge in [-0.25, -0.2) is 13.9 Å². The van der Waals surface area contributed by atoms with Gasteiger partial charge in [0.05, 0.1) is 23.7 Å². The minimum absolute atomic E-state index is 0.0185. The SMILES string of the molecule is CC1O[C@@H](C)CN(S(=O)(=O)c2ccc(OCC3CCCCC3)cc2)[C@H]1C(=O)NO. The van der Waals surface area contributed by atoms with E-state index in [2.05, 4.69) is 0 Å². The average Bonchev–Trinajstić information content (AvgIpc) is 2.72. The molecule has 1 aromatic rings. The van der Waals surface area contributed by atoms with E-state index < -0.39 is 28.1 Å². The highest BCUT2D eigenvalue weighted by Crippen LogP contribution is 2.28. The lowest BCUT2D eigenvalue weighted by Crippen LogP contribution is -2.60. The van der Waals surface area contributed by atoms with Crippen molar-refractivity contribution in [2.45, 2.75) is 69.1 Å². The van der Waals surface area contributed by atoms with E-state index in [-0.39, 0.29) is 17.5 Å². The molecule has 29 heavy (non-hydrogen) atoms. The molecule has 0 aromatic heterocycles. The van der Waals surface area contributed by atoms with Crippen LogP contribution in [0.1, 0.15) is 46.0 Å². The Balaban J connectivity index is 1.74. The lowest BCUT2D eigenvalue weighted by atomic mass is 9.90. The largest absolute Gasteiger partial charge is 0.493 e. The first-order valence-electron chi connectivity index (χ1n) is 10.2. The van der Waals surface area contributed by atoms with Crippen molar-refractivity contribution in [2.24, 2.45) is 5.92 Å². The van der Waals surface area contributed by atoms with Crippen LogP contribution in [0.5, 0.6) is 5.75 Å². The molecule has 1 aliphatic heterocycles. The normalized spacial score (nSPS) is 26.8. The second kappa shape index (κ2) is 9.42. The predicted octanol–water partition coefficient (Wildman–Crippen LogP) is 2.32. The lowest BCUT2D eigenvalue weighted by molar-refractivity contribution is -0.146. The van der Waals surface area contributed by atoms with Gasteiger partial charge < -0.3 is 9.47 Å². The van der Waals surface area contributed by atoms with Crippen LogP contribution in [0, 0.1) is 5.92 Å². The number of nitrogens with one attached hydrogen (secondary N) is 1. The van der Waals surface area contributed by atoms with E-state index in [0.717, 1.165) is 4.31 Å². The van der Waals surface area contributed by atoms with Crippen molar-refractivity contribution in [1.82, 2.24) is 9.79 Å². The van der Waals surface area contributed by atoms with Gasteiger partial charge in [-0.1, -0.05) is 19.3 Å². The Bertz CT molecular complexity index is 792. The lowest BCUT2D eigenvalue weighted by Gasteiger charge is -2.40. The van der Waals surface area contributed by atoms with Crippen molar-refractivity contribution in [3.8, 4) is 5.75 Å². The van der Waals surface area contributed by atoms with Crippen LogP contribution in [0.2, 0.25) is 0 Å². The summed E-state index contributed by atoms with van der Waals surface area (Å²) in [6, 6.07) is 5.12. The van der Waals surface area contributed by atoms with Gasteiger partial charge in [-0.2, -0.15) is 4.31 Å². The van der Waals surface area contributed by atoms with Crippen molar-refractivity contribution in [1.29, 1.82) is 0 Å². The molecule has 2 aliphatic rings. The summed E-state index contributed by atoms with van der Waals surface area (Å²) in [6.45, 7) is 4.02. The number of rotatable bonds is 6. The fraction of sp³-hybridized carbons (Fsp3) is 0.650. The molecule has 1 amide bonds. The molecule has 1 aliphatic carbocycles. The van der Waals surface area contributed by atoms with E-state index in [1.54, 1.807) is 31.5 Å². The smallest absolute Gasteiger partial charge is 0.264 e. The fourth-order valence-electron chi connectivity index (χ4n) is 4.15. The molecule has 2 N–H and O–H groups in total. The van der Waals surface area contributed by atoms with Crippen molar-refractivity contribution < 1.29 is 27.9 Å². The van der Waals surface area contributed by atoms with E-state index in [4.69, 9.17) is 14.7 Å². The maximum absolute atomic E-state index is 13.2. The number of benzene rings is 1. The molecule has 1 aromatic carbocycles. The molecule has 162 valence electrons. The molecule has 1 unspecified atom stereocenters.